The van der Waals surface area contributed by atoms with E-state index >= 15 is 0 Å². The van der Waals surface area contributed by atoms with Gasteiger partial charge in [0.05, 0.1) is 0 Å². The Morgan fingerprint density at radius 3 is 2.40 bits per heavy atom. The fourth-order valence-electron chi connectivity index (χ4n) is 1.91. The molecule has 106 valence electrons. The zero-order valence-electron chi connectivity index (χ0n) is 11.4. The third-order valence-electron chi connectivity index (χ3n) is 2.97. The van der Waals surface area contributed by atoms with Gasteiger partial charge in [-0.2, -0.15) is 0 Å². The van der Waals surface area contributed by atoms with Gasteiger partial charge in [-0.05, 0) is 29.8 Å². The predicted molar refractivity (Wildman–Crippen MR) is 83.8 cm³/mol. The van der Waals surface area contributed by atoms with Crippen molar-refractivity contribution >= 4 is 23.2 Å². The monoisotopic (exact) mass is 311 g/mol. The molecule has 0 amide bonds. The lowest BCUT2D eigenvalue weighted by molar-refractivity contribution is 0.589. The molecule has 0 aromatic heterocycles. The van der Waals surface area contributed by atoms with E-state index in [1.165, 1.54) is 18.2 Å². The summed E-state index contributed by atoms with van der Waals surface area (Å²) in [7, 11) is 0. The number of hydrogen-bond acceptors (Lipinski definition) is 1. The van der Waals surface area contributed by atoms with Crippen LogP contribution in [0.1, 0.15) is 19.4 Å². The van der Waals surface area contributed by atoms with Gasteiger partial charge in [0.2, 0.25) is 0 Å². The first kappa shape index (κ1) is 15.3. The minimum Gasteiger partial charge on any atom is -0.310 e. The van der Waals surface area contributed by atoms with Crippen LogP contribution in [0.2, 0.25) is 10.0 Å². The van der Waals surface area contributed by atoms with Crippen LogP contribution in [0.3, 0.4) is 0 Å². The van der Waals surface area contributed by atoms with E-state index in [1.807, 2.05) is 18.2 Å². The molecule has 2 aromatic carbocycles. The van der Waals surface area contributed by atoms with Gasteiger partial charge in [0.25, 0.3) is 0 Å². The van der Waals surface area contributed by atoms with Crippen molar-refractivity contribution < 1.29 is 4.39 Å². The predicted octanol–water partition coefficient (Wildman–Crippen LogP) is 5.30. The topological polar surface area (TPSA) is 12.0 Å². The highest BCUT2D eigenvalue weighted by molar-refractivity contribution is 6.36. The number of nitrogens with one attached hydrogen (secondary N) is 1. The molecule has 0 aliphatic heterocycles. The zero-order valence-corrected chi connectivity index (χ0v) is 12.9. The van der Waals surface area contributed by atoms with Crippen LogP contribution < -0.4 is 5.32 Å². The van der Waals surface area contributed by atoms with Crippen LogP contribution in [0, 0.1) is 5.82 Å². The maximum absolute atomic E-state index is 13.3. The van der Waals surface area contributed by atoms with Crippen LogP contribution in [-0.4, -0.2) is 6.04 Å². The van der Waals surface area contributed by atoms with E-state index in [4.69, 9.17) is 23.2 Å². The first-order chi connectivity index (χ1) is 9.47. The third kappa shape index (κ3) is 3.72. The second-order valence-electron chi connectivity index (χ2n) is 4.97. The molecule has 0 spiro atoms. The van der Waals surface area contributed by atoms with Gasteiger partial charge in [-0.15, -0.1) is 0 Å². The summed E-state index contributed by atoms with van der Waals surface area (Å²) >= 11 is 12.4. The van der Waals surface area contributed by atoms with Crippen LogP contribution in [0.4, 0.5) is 4.39 Å². The van der Waals surface area contributed by atoms with Gasteiger partial charge in [0.1, 0.15) is 5.82 Å². The molecule has 1 N–H and O–H groups in total. The molecule has 4 heteroatoms. The van der Waals surface area contributed by atoms with E-state index in [2.05, 4.69) is 19.2 Å². The lowest BCUT2D eigenvalue weighted by atomic mass is 10.0. The van der Waals surface area contributed by atoms with E-state index in [1.54, 1.807) is 0 Å². The number of benzene rings is 2. The van der Waals surface area contributed by atoms with Crippen molar-refractivity contribution in [2.24, 2.45) is 0 Å². The normalized spacial score (nSPS) is 11.1. The summed E-state index contributed by atoms with van der Waals surface area (Å²) in [5, 5.41) is 4.38. The van der Waals surface area contributed by atoms with Crippen LogP contribution in [0.15, 0.2) is 36.4 Å². The van der Waals surface area contributed by atoms with Gasteiger partial charge < -0.3 is 5.32 Å². The lowest BCUT2D eigenvalue weighted by Crippen LogP contribution is -2.21. The minimum atomic E-state index is -0.328. The Morgan fingerprint density at radius 1 is 1.00 bits per heavy atom. The van der Waals surface area contributed by atoms with Gasteiger partial charge in [-0.3, -0.25) is 0 Å². The van der Waals surface area contributed by atoms with Gasteiger partial charge in [0.15, 0.2) is 0 Å². The Hall–Kier alpha value is -1.09. The molecule has 0 aliphatic carbocycles. The van der Waals surface area contributed by atoms with Gasteiger partial charge in [-0.1, -0.05) is 49.2 Å². The first-order valence-electron chi connectivity index (χ1n) is 6.44. The number of halogens is 3. The zero-order chi connectivity index (χ0) is 14.7. The average Bonchev–Trinajstić information content (AvgIpc) is 2.39. The Morgan fingerprint density at radius 2 is 1.75 bits per heavy atom. The third-order valence-corrected chi connectivity index (χ3v) is 3.61. The van der Waals surface area contributed by atoms with Crippen LogP contribution in [0.25, 0.3) is 11.1 Å². The highest BCUT2D eigenvalue weighted by Gasteiger charge is 2.10. The fourth-order valence-corrected chi connectivity index (χ4v) is 2.44. The van der Waals surface area contributed by atoms with Gasteiger partial charge in [-0.25, -0.2) is 4.39 Å². The average molecular weight is 312 g/mol. The van der Waals surface area contributed by atoms with E-state index in [9.17, 15) is 4.39 Å². The lowest BCUT2D eigenvalue weighted by Gasteiger charge is -2.11. The maximum Gasteiger partial charge on any atom is 0.123 e. The van der Waals surface area contributed by atoms with Gasteiger partial charge >= 0.3 is 0 Å². The van der Waals surface area contributed by atoms with Gasteiger partial charge in [0, 0.05) is 33.8 Å². The molecule has 1 nitrogen and oxygen atoms in total. The number of hydrogen-bond donors (Lipinski definition) is 1. The molecule has 0 bridgehead atoms. The standard InChI is InChI=1S/C16H16Cl2FN/c1-10(2)20-9-11-3-5-13(16(18)7-11)14-8-12(19)4-6-15(14)17/h3-8,10,20H,9H2,1-2H3. The molecule has 0 aliphatic rings. The molecular weight excluding hydrogens is 296 g/mol. The SMILES string of the molecule is CC(C)NCc1ccc(-c2cc(F)ccc2Cl)c(Cl)c1. The number of rotatable bonds is 4. The Kier molecular flexibility index (Phi) is 5.03. The van der Waals surface area contributed by atoms with Crippen LogP contribution in [0.5, 0.6) is 0 Å². The molecule has 2 aromatic rings. The summed E-state index contributed by atoms with van der Waals surface area (Å²) in [6.07, 6.45) is 0. The Bertz CT molecular complexity index is 611. The van der Waals surface area contributed by atoms with Crippen molar-refractivity contribution in [3.05, 3.63) is 57.8 Å². The molecule has 2 rings (SSSR count). The molecular formula is C16H16Cl2FN. The van der Waals surface area contributed by atoms with Crippen molar-refractivity contribution in [1.82, 2.24) is 5.32 Å². The first-order valence-corrected chi connectivity index (χ1v) is 7.20. The maximum atomic E-state index is 13.3. The Labute approximate surface area is 128 Å². The summed E-state index contributed by atoms with van der Waals surface area (Å²) < 4.78 is 13.3. The minimum absolute atomic E-state index is 0.328. The van der Waals surface area contributed by atoms with Crippen molar-refractivity contribution in [2.75, 3.05) is 0 Å². The summed E-state index contributed by atoms with van der Waals surface area (Å²) in [6.45, 7) is 4.92. The smallest absolute Gasteiger partial charge is 0.123 e. The summed E-state index contributed by atoms with van der Waals surface area (Å²) in [5.74, 6) is -0.328. The molecule has 0 radical (unpaired) electrons. The van der Waals surface area contributed by atoms with Crippen molar-refractivity contribution in [1.29, 1.82) is 0 Å². The quantitative estimate of drug-likeness (QED) is 0.808. The van der Waals surface area contributed by atoms with E-state index < -0.39 is 0 Å². The highest BCUT2D eigenvalue weighted by atomic mass is 35.5. The largest absolute Gasteiger partial charge is 0.310 e. The molecule has 0 atom stereocenters. The summed E-state index contributed by atoms with van der Waals surface area (Å²) in [6, 6.07) is 10.4. The van der Waals surface area contributed by atoms with Crippen LogP contribution in [-0.2, 0) is 6.54 Å². The molecule has 20 heavy (non-hydrogen) atoms. The van der Waals surface area contributed by atoms with Crippen molar-refractivity contribution in [2.45, 2.75) is 26.4 Å². The van der Waals surface area contributed by atoms with Crippen LogP contribution >= 0.6 is 23.2 Å². The second-order valence-corrected chi connectivity index (χ2v) is 5.79. The molecule has 0 unspecified atom stereocenters. The Balaban J connectivity index is 2.32. The second kappa shape index (κ2) is 6.57. The van der Waals surface area contributed by atoms with E-state index in [-0.39, 0.29) is 5.82 Å². The summed E-state index contributed by atoms with van der Waals surface area (Å²) in [5.41, 5.74) is 2.43. The van der Waals surface area contributed by atoms with Crippen molar-refractivity contribution in [3.63, 3.8) is 0 Å². The van der Waals surface area contributed by atoms with Crippen molar-refractivity contribution in [3.8, 4) is 11.1 Å². The molecule has 0 saturated heterocycles. The molecule has 0 saturated carbocycles. The summed E-state index contributed by atoms with van der Waals surface area (Å²) in [4.78, 5) is 0. The molecule has 0 heterocycles. The van der Waals surface area contributed by atoms with E-state index in [0.29, 0.717) is 21.7 Å². The fraction of sp³-hybridized carbons (Fsp3) is 0.250. The molecule has 0 fully saturated rings. The highest BCUT2D eigenvalue weighted by Crippen LogP contribution is 2.34. The van der Waals surface area contributed by atoms with E-state index in [0.717, 1.165) is 17.7 Å².